The number of nitrogens with zero attached hydrogens (tertiary/aromatic N) is 1. The lowest BCUT2D eigenvalue weighted by Crippen LogP contribution is -2.65. The van der Waals surface area contributed by atoms with Gasteiger partial charge in [-0.1, -0.05) is 33.1 Å². The average Bonchev–Trinajstić information content (AvgIpc) is 3.52. The number of hydrogen-bond acceptors (Lipinski definition) is 8. The van der Waals surface area contributed by atoms with Crippen molar-refractivity contribution < 1.29 is 28.3 Å². The average molecular weight is 560 g/mol. The van der Waals surface area contributed by atoms with Gasteiger partial charge in [-0.25, -0.2) is 10.1 Å². The molecule has 0 unspecified atom stereocenters. The standard InChI is InChI=1S/C26H41BN6O7/c1-15(2)11-21(27-39-20-13-17-12-19(25(17,3)4)26(20,5)40-27)31-23(35)18(30-22(34)16-8-10-38-14-16)7-6-9-29-24(28)32-33(36)37/h8,10,14-15,17-21H,6-7,9,11-13H2,1-5H3,(H,30,34)(H,31,35)(H3,28,29,32)/t17-,18-,19-,20+,21-,26-/m0/s1. The van der Waals surface area contributed by atoms with E-state index in [0.717, 1.165) is 12.8 Å². The molecule has 2 bridgehead atoms. The van der Waals surface area contributed by atoms with Gasteiger partial charge in [0, 0.05) is 6.54 Å². The second-order valence-corrected chi connectivity index (χ2v) is 12.4. The normalized spacial score (nSPS) is 27.6. The fourth-order valence-corrected chi connectivity index (χ4v) is 6.65. The third-order valence-corrected chi connectivity index (χ3v) is 8.93. The minimum Gasteiger partial charge on any atom is -0.472 e. The predicted molar refractivity (Wildman–Crippen MR) is 147 cm³/mol. The highest BCUT2D eigenvalue weighted by Crippen LogP contribution is 2.65. The zero-order valence-electron chi connectivity index (χ0n) is 23.8. The maximum Gasteiger partial charge on any atom is 0.481 e. The number of carbonyl (C=O) groups is 2. The van der Waals surface area contributed by atoms with Gasteiger partial charge in [-0.05, 0) is 68.3 Å². The Morgan fingerprint density at radius 3 is 2.62 bits per heavy atom. The molecule has 3 aliphatic carbocycles. The van der Waals surface area contributed by atoms with Crippen LogP contribution in [0.4, 0.5) is 0 Å². The Balaban J connectivity index is 1.43. The Kier molecular flexibility index (Phi) is 8.79. The van der Waals surface area contributed by atoms with Crippen molar-refractivity contribution in [2.45, 2.75) is 90.4 Å². The molecule has 1 aromatic heterocycles. The van der Waals surface area contributed by atoms with Crippen LogP contribution in [-0.2, 0) is 14.1 Å². The molecule has 1 aliphatic heterocycles. The van der Waals surface area contributed by atoms with E-state index in [2.05, 4.69) is 50.6 Å². The van der Waals surface area contributed by atoms with E-state index in [4.69, 9.17) is 19.1 Å². The van der Waals surface area contributed by atoms with Gasteiger partial charge in [0.2, 0.25) is 5.91 Å². The van der Waals surface area contributed by atoms with Crippen LogP contribution in [0.2, 0.25) is 0 Å². The molecular formula is C26H41BN6O7. The van der Waals surface area contributed by atoms with Gasteiger partial charge in [-0.2, -0.15) is 0 Å². The highest BCUT2D eigenvalue weighted by atomic mass is 16.7. The molecule has 40 heavy (non-hydrogen) atoms. The number of guanidine groups is 1. The van der Waals surface area contributed by atoms with Gasteiger partial charge in [0.1, 0.15) is 12.3 Å². The van der Waals surface area contributed by atoms with E-state index < -0.39 is 41.6 Å². The molecule has 2 heterocycles. The summed E-state index contributed by atoms with van der Waals surface area (Å²) in [6.45, 7) is 11.1. The Morgan fingerprint density at radius 1 is 1.25 bits per heavy atom. The molecule has 0 spiro atoms. The minimum atomic E-state index is -0.900. The van der Waals surface area contributed by atoms with E-state index in [1.54, 1.807) is 5.43 Å². The molecule has 5 rings (SSSR count). The second kappa shape index (κ2) is 11.8. The van der Waals surface area contributed by atoms with Crippen molar-refractivity contribution in [3.63, 3.8) is 0 Å². The van der Waals surface area contributed by atoms with Gasteiger partial charge in [-0.3, -0.25) is 15.0 Å². The van der Waals surface area contributed by atoms with Crippen molar-refractivity contribution in [1.29, 1.82) is 5.41 Å². The van der Waals surface area contributed by atoms with Crippen molar-refractivity contribution in [2.75, 3.05) is 6.54 Å². The highest BCUT2D eigenvalue weighted by Gasteiger charge is 2.68. The van der Waals surface area contributed by atoms with Crippen molar-refractivity contribution >= 4 is 24.9 Å². The zero-order valence-corrected chi connectivity index (χ0v) is 23.8. The summed E-state index contributed by atoms with van der Waals surface area (Å²) < 4.78 is 18.1. The molecule has 6 atom stereocenters. The van der Waals surface area contributed by atoms with E-state index in [0.29, 0.717) is 24.7 Å². The van der Waals surface area contributed by atoms with Crippen molar-refractivity contribution in [3.05, 3.63) is 34.3 Å². The molecule has 13 nitrogen and oxygen atoms in total. The minimum absolute atomic E-state index is 0.0217. The van der Waals surface area contributed by atoms with Gasteiger partial charge in [0.15, 0.2) is 5.03 Å². The van der Waals surface area contributed by atoms with Crippen LogP contribution in [0.5, 0.6) is 0 Å². The lowest BCUT2D eigenvalue weighted by molar-refractivity contribution is -0.525. The Bertz CT molecular complexity index is 1100. The summed E-state index contributed by atoms with van der Waals surface area (Å²) in [5.74, 6) is -0.467. The summed E-state index contributed by atoms with van der Waals surface area (Å²) in [6, 6.07) is 0.607. The molecule has 5 N–H and O–H groups in total. The van der Waals surface area contributed by atoms with Crippen molar-refractivity contribution in [3.8, 4) is 0 Å². The highest BCUT2D eigenvalue weighted by molar-refractivity contribution is 6.48. The van der Waals surface area contributed by atoms with Gasteiger partial charge in [0.25, 0.3) is 11.9 Å². The topological polar surface area (TPSA) is 181 Å². The molecule has 220 valence electrons. The second-order valence-electron chi connectivity index (χ2n) is 12.4. The van der Waals surface area contributed by atoms with Gasteiger partial charge >= 0.3 is 7.12 Å². The molecule has 4 aliphatic rings. The van der Waals surface area contributed by atoms with Crippen LogP contribution in [0.25, 0.3) is 0 Å². The van der Waals surface area contributed by atoms with E-state index in [9.17, 15) is 19.7 Å². The largest absolute Gasteiger partial charge is 0.481 e. The van der Waals surface area contributed by atoms with E-state index in [1.165, 1.54) is 18.6 Å². The number of nitrogens with one attached hydrogen (secondary N) is 5. The maximum atomic E-state index is 13.6. The first kappa shape index (κ1) is 29.8. The first-order valence-corrected chi connectivity index (χ1v) is 14.0. The summed E-state index contributed by atoms with van der Waals surface area (Å²) in [5, 5.41) is 25.6. The summed E-state index contributed by atoms with van der Waals surface area (Å²) >= 11 is 0. The lowest BCUT2D eigenvalue weighted by Gasteiger charge is -2.64. The summed E-state index contributed by atoms with van der Waals surface area (Å²) in [6.07, 6.45) is 5.94. The fraction of sp³-hybridized carbons (Fsp3) is 0.731. The van der Waals surface area contributed by atoms with Crippen molar-refractivity contribution in [2.24, 2.45) is 23.2 Å². The Morgan fingerprint density at radius 2 is 2.00 bits per heavy atom. The number of rotatable bonds is 12. The van der Waals surface area contributed by atoms with E-state index in [1.807, 2.05) is 0 Å². The van der Waals surface area contributed by atoms with E-state index >= 15 is 0 Å². The number of carbonyl (C=O) groups excluding carboxylic acids is 2. The van der Waals surface area contributed by atoms with Crippen LogP contribution in [0.15, 0.2) is 23.0 Å². The van der Waals surface area contributed by atoms with Crippen LogP contribution in [0.3, 0.4) is 0 Å². The van der Waals surface area contributed by atoms with Crippen LogP contribution in [-0.4, -0.2) is 60.2 Å². The third-order valence-electron chi connectivity index (χ3n) is 8.93. The predicted octanol–water partition coefficient (Wildman–Crippen LogP) is 2.26. The summed E-state index contributed by atoms with van der Waals surface area (Å²) in [5.41, 5.74) is 1.79. The molecule has 14 heteroatoms. The molecule has 0 aromatic carbocycles. The van der Waals surface area contributed by atoms with Crippen LogP contribution < -0.4 is 21.4 Å². The first-order valence-electron chi connectivity index (χ1n) is 14.0. The molecule has 3 saturated carbocycles. The number of nitro groups is 1. The number of amides is 2. The Hall–Kier alpha value is -3.13. The van der Waals surface area contributed by atoms with Crippen molar-refractivity contribution in [1.82, 2.24) is 21.4 Å². The molecule has 4 fully saturated rings. The molecule has 2 amide bonds. The molecule has 1 saturated heterocycles. The van der Waals surface area contributed by atoms with Crippen LogP contribution in [0, 0.1) is 38.7 Å². The lowest BCUT2D eigenvalue weighted by atomic mass is 9.43. The Labute approximate surface area is 234 Å². The fourth-order valence-electron chi connectivity index (χ4n) is 6.65. The van der Waals surface area contributed by atoms with Gasteiger partial charge < -0.3 is 29.7 Å². The third kappa shape index (κ3) is 6.27. The maximum absolute atomic E-state index is 13.6. The van der Waals surface area contributed by atoms with E-state index in [-0.39, 0.29) is 41.9 Å². The summed E-state index contributed by atoms with van der Waals surface area (Å²) in [7, 11) is -0.600. The molecule has 1 aromatic rings. The number of furan rings is 1. The molecular weight excluding hydrogens is 519 g/mol. The van der Waals surface area contributed by atoms with Crippen LogP contribution >= 0.6 is 0 Å². The quantitative estimate of drug-likeness (QED) is 0.0640. The number of hydrazine groups is 1. The number of hydrogen-bond donors (Lipinski definition) is 5. The molecule has 0 radical (unpaired) electrons. The summed E-state index contributed by atoms with van der Waals surface area (Å²) in [4.78, 5) is 36.9. The zero-order chi connectivity index (χ0) is 29.2. The smallest absolute Gasteiger partial charge is 0.472 e. The monoisotopic (exact) mass is 560 g/mol. The first-order chi connectivity index (χ1) is 18.8. The van der Waals surface area contributed by atoms with Gasteiger partial charge in [0.05, 0.1) is 29.5 Å². The SMILES string of the molecule is CC(C)C[C@H](NC(=O)[C@H](CCCNC(=N)N[N+](=O)[O-])NC(=O)c1ccoc1)B1O[C@@H]2C[C@@H]3C[C@@H](C3(C)C)[C@]2(C)O1. The van der Waals surface area contributed by atoms with Gasteiger partial charge in [-0.15, -0.1) is 0 Å². The van der Waals surface area contributed by atoms with Crippen LogP contribution in [0.1, 0.15) is 77.1 Å².